The van der Waals surface area contributed by atoms with Crippen molar-refractivity contribution in [2.24, 2.45) is 0 Å². The van der Waals surface area contributed by atoms with Crippen molar-refractivity contribution in [2.75, 3.05) is 31.1 Å². The molecule has 0 radical (unpaired) electrons. The van der Waals surface area contributed by atoms with Crippen molar-refractivity contribution in [1.82, 2.24) is 10.3 Å². The van der Waals surface area contributed by atoms with E-state index in [0.717, 1.165) is 37.0 Å². The Bertz CT molecular complexity index is 292. The maximum Gasteiger partial charge on any atom is 0.130 e. The molecular weight excluding hydrogens is 292 g/mol. The maximum absolute atomic E-state index is 5.88. The van der Waals surface area contributed by atoms with E-state index in [1.54, 1.807) is 12.3 Å². The van der Waals surface area contributed by atoms with Crippen LogP contribution in [0.5, 0.6) is 0 Å². The summed E-state index contributed by atoms with van der Waals surface area (Å²) in [5, 5.41) is 4.05. The van der Waals surface area contributed by atoms with Crippen LogP contribution in [-0.2, 0) is 0 Å². The molecule has 2 rings (SSSR count). The number of hydrogen-bond acceptors (Lipinski definition) is 3. The number of nitrogens with one attached hydrogen (secondary N) is 1. The number of piperazine rings is 1. The van der Waals surface area contributed by atoms with Crippen LogP contribution in [0.3, 0.4) is 0 Å². The van der Waals surface area contributed by atoms with Crippen LogP contribution < -0.4 is 10.2 Å². The monoisotopic (exact) mass is 305 g/mol. The van der Waals surface area contributed by atoms with Crippen molar-refractivity contribution in [3.63, 3.8) is 0 Å². The van der Waals surface area contributed by atoms with Crippen molar-refractivity contribution >= 4 is 54.6 Å². The number of halogens is 4. The molecule has 1 N–H and O–H groups in total. The van der Waals surface area contributed by atoms with E-state index < -0.39 is 0 Å². The zero-order valence-corrected chi connectivity index (χ0v) is 11.8. The summed E-state index contributed by atoms with van der Waals surface area (Å²) in [6.45, 7) is 4.06. The van der Waals surface area contributed by atoms with Crippen molar-refractivity contribution in [3.8, 4) is 0 Å². The lowest BCUT2D eigenvalue weighted by Crippen LogP contribution is -2.43. The second-order valence-corrected chi connectivity index (χ2v) is 3.51. The van der Waals surface area contributed by atoms with Crippen LogP contribution in [0.25, 0.3) is 0 Å². The fourth-order valence-corrected chi connectivity index (χ4v) is 1.61. The standard InChI is InChI=1S/C9H12ClN3.3ClH/c10-8-1-2-12-9(7-8)13-5-3-11-4-6-13;;;/h1-2,7,11H,3-6H2;3*1H. The number of anilines is 1. The Morgan fingerprint density at radius 1 is 1.19 bits per heavy atom. The van der Waals surface area contributed by atoms with Gasteiger partial charge in [0.15, 0.2) is 0 Å². The average molecular weight is 307 g/mol. The summed E-state index contributed by atoms with van der Waals surface area (Å²) in [7, 11) is 0. The van der Waals surface area contributed by atoms with Crippen LogP contribution in [0.15, 0.2) is 18.3 Å². The first-order valence-corrected chi connectivity index (χ1v) is 4.81. The fraction of sp³-hybridized carbons (Fsp3) is 0.444. The molecule has 16 heavy (non-hydrogen) atoms. The molecule has 1 aliphatic heterocycles. The van der Waals surface area contributed by atoms with Crippen LogP contribution >= 0.6 is 48.8 Å². The van der Waals surface area contributed by atoms with Crippen molar-refractivity contribution < 1.29 is 0 Å². The molecule has 0 aromatic carbocycles. The van der Waals surface area contributed by atoms with E-state index in [1.807, 2.05) is 6.07 Å². The van der Waals surface area contributed by atoms with Gasteiger partial charge in [-0.1, -0.05) is 11.6 Å². The van der Waals surface area contributed by atoms with E-state index in [1.165, 1.54) is 0 Å². The number of rotatable bonds is 1. The molecule has 0 spiro atoms. The van der Waals surface area contributed by atoms with Gasteiger partial charge >= 0.3 is 0 Å². The minimum Gasteiger partial charge on any atom is -0.354 e. The Morgan fingerprint density at radius 3 is 2.38 bits per heavy atom. The van der Waals surface area contributed by atoms with Crippen LogP contribution in [0.4, 0.5) is 5.82 Å². The summed E-state index contributed by atoms with van der Waals surface area (Å²) >= 11 is 5.88. The summed E-state index contributed by atoms with van der Waals surface area (Å²) in [6, 6.07) is 3.71. The van der Waals surface area contributed by atoms with Crippen LogP contribution in [0.1, 0.15) is 0 Å². The molecular formula is C9H15Cl4N3. The van der Waals surface area contributed by atoms with Gasteiger partial charge in [-0.25, -0.2) is 4.98 Å². The maximum atomic E-state index is 5.88. The number of pyridine rings is 1. The SMILES string of the molecule is Cl.Cl.Cl.Clc1ccnc(N2CCNCC2)c1. The van der Waals surface area contributed by atoms with E-state index in [0.29, 0.717) is 0 Å². The average Bonchev–Trinajstić information content (AvgIpc) is 2.19. The molecule has 7 heteroatoms. The van der Waals surface area contributed by atoms with E-state index in [9.17, 15) is 0 Å². The molecule has 1 aromatic rings. The second kappa shape index (κ2) is 9.14. The Kier molecular flexibility index (Phi) is 10.5. The van der Waals surface area contributed by atoms with E-state index in [-0.39, 0.29) is 37.2 Å². The summed E-state index contributed by atoms with van der Waals surface area (Å²) in [4.78, 5) is 6.52. The molecule has 0 unspecified atom stereocenters. The first-order valence-electron chi connectivity index (χ1n) is 4.43. The quantitative estimate of drug-likeness (QED) is 0.863. The van der Waals surface area contributed by atoms with Gasteiger partial charge < -0.3 is 10.2 Å². The molecule has 2 heterocycles. The molecule has 0 atom stereocenters. The molecule has 1 fully saturated rings. The molecule has 1 aromatic heterocycles. The highest BCUT2D eigenvalue weighted by Gasteiger charge is 2.10. The molecule has 0 aliphatic carbocycles. The number of aromatic nitrogens is 1. The summed E-state index contributed by atoms with van der Waals surface area (Å²) < 4.78 is 0. The lowest BCUT2D eigenvalue weighted by atomic mass is 10.3. The Morgan fingerprint density at radius 2 is 1.81 bits per heavy atom. The fourth-order valence-electron chi connectivity index (χ4n) is 1.46. The lowest BCUT2D eigenvalue weighted by Gasteiger charge is -2.28. The van der Waals surface area contributed by atoms with Gasteiger partial charge in [0.05, 0.1) is 0 Å². The van der Waals surface area contributed by atoms with Gasteiger partial charge in [0.2, 0.25) is 0 Å². The van der Waals surface area contributed by atoms with Gasteiger partial charge in [-0.2, -0.15) is 0 Å². The minimum absolute atomic E-state index is 0. The van der Waals surface area contributed by atoms with Crippen molar-refractivity contribution in [3.05, 3.63) is 23.4 Å². The van der Waals surface area contributed by atoms with Gasteiger partial charge in [0.25, 0.3) is 0 Å². The third-order valence-corrected chi connectivity index (χ3v) is 2.38. The Balaban J connectivity index is 0. The summed E-state index contributed by atoms with van der Waals surface area (Å²) in [6.07, 6.45) is 1.75. The molecule has 1 saturated heterocycles. The first kappa shape index (κ1) is 18.4. The number of nitrogens with zero attached hydrogens (tertiary/aromatic N) is 2. The lowest BCUT2D eigenvalue weighted by molar-refractivity contribution is 0.585. The molecule has 0 bridgehead atoms. The molecule has 94 valence electrons. The number of hydrogen-bond donors (Lipinski definition) is 1. The highest BCUT2D eigenvalue weighted by atomic mass is 35.5. The zero-order chi connectivity index (χ0) is 9.10. The van der Waals surface area contributed by atoms with E-state index in [2.05, 4.69) is 15.2 Å². The van der Waals surface area contributed by atoms with Gasteiger partial charge in [-0.05, 0) is 12.1 Å². The largest absolute Gasteiger partial charge is 0.354 e. The third-order valence-electron chi connectivity index (χ3n) is 2.15. The second-order valence-electron chi connectivity index (χ2n) is 3.07. The highest BCUT2D eigenvalue weighted by molar-refractivity contribution is 6.30. The third kappa shape index (κ3) is 4.93. The van der Waals surface area contributed by atoms with Crippen LogP contribution in [0.2, 0.25) is 5.02 Å². The normalized spacial score (nSPS) is 14.2. The Hall–Kier alpha value is 0.0700. The van der Waals surface area contributed by atoms with Gasteiger partial charge in [-0.15, -0.1) is 37.2 Å². The van der Waals surface area contributed by atoms with Gasteiger partial charge in [0.1, 0.15) is 5.82 Å². The van der Waals surface area contributed by atoms with Crippen molar-refractivity contribution in [2.45, 2.75) is 0 Å². The highest BCUT2D eigenvalue weighted by Crippen LogP contribution is 2.16. The van der Waals surface area contributed by atoms with E-state index in [4.69, 9.17) is 11.6 Å². The van der Waals surface area contributed by atoms with Crippen LogP contribution in [-0.4, -0.2) is 31.2 Å². The topological polar surface area (TPSA) is 28.2 Å². The summed E-state index contributed by atoms with van der Waals surface area (Å²) in [5.41, 5.74) is 0. The first-order chi connectivity index (χ1) is 6.36. The molecule has 3 nitrogen and oxygen atoms in total. The predicted octanol–water partition coefficient (Wildman–Crippen LogP) is 2.41. The predicted molar refractivity (Wildman–Crippen MR) is 76.1 cm³/mol. The smallest absolute Gasteiger partial charge is 0.130 e. The zero-order valence-electron chi connectivity index (χ0n) is 8.56. The van der Waals surface area contributed by atoms with Gasteiger partial charge in [-0.3, -0.25) is 0 Å². The Labute approximate surface area is 119 Å². The molecule has 1 aliphatic rings. The van der Waals surface area contributed by atoms with Crippen molar-refractivity contribution in [1.29, 1.82) is 0 Å². The van der Waals surface area contributed by atoms with Crippen LogP contribution in [0, 0.1) is 0 Å². The molecule has 0 saturated carbocycles. The minimum atomic E-state index is 0. The molecule has 0 amide bonds. The van der Waals surface area contributed by atoms with E-state index >= 15 is 0 Å². The summed E-state index contributed by atoms with van der Waals surface area (Å²) in [5.74, 6) is 0.981. The van der Waals surface area contributed by atoms with Gasteiger partial charge in [0, 0.05) is 37.4 Å².